The van der Waals surface area contributed by atoms with Gasteiger partial charge in [0.05, 0.1) is 26.3 Å². The van der Waals surface area contributed by atoms with Crippen LogP contribution < -0.4 is 19.7 Å². The third-order valence-corrected chi connectivity index (χ3v) is 5.65. The van der Waals surface area contributed by atoms with Gasteiger partial charge in [-0.1, -0.05) is 15.9 Å². The Labute approximate surface area is 173 Å². The molecule has 1 saturated heterocycles. The Morgan fingerprint density at radius 1 is 1.29 bits per heavy atom. The first-order chi connectivity index (χ1) is 13.6. The van der Waals surface area contributed by atoms with Crippen LogP contribution in [0.4, 0.5) is 5.82 Å². The number of aromatic nitrogens is 2. The van der Waals surface area contributed by atoms with Crippen LogP contribution in [0.1, 0.15) is 18.4 Å². The van der Waals surface area contributed by atoms with Gasteiger partial charge in [0.1, 0.15) is 5.82 Å². The van der Waals surface area contributed by atoms with Crippen molar-refractivity contribution in [1.29, 1.82) is 0 Å². The van der Waals surface area contributed by atoms with Crippen molar-refractivity contribution in [3.63, 3.8) is 0 Å². The summed E-state index contributed by atoms with van der Waals surface area (Å²) in [4.78, 5) is 23.2. The standard InChI is InChI=1S/C20H25BrN4O3/c1-27-17-10-14(16(21)11-18(17)28-2)5-6-24-20(26)15-4-3-9-25(13-15)19-12-22-7-8-23-19/h7-8,10-12,15H,3-6,9,13H2,1-2H3,(H,24,26)/t15-/m1/s1. The number of carbonyl (C=O) groups is 1. The Balaban J connectivity index is 1.54. The van der Waals surface area contributed by atoms with Crippen molar-refractivity contribution in [3.05, 3.63) is 40.8 Å². The SMILES string of the molecule is COc1cc(Br)c(CCNC(=O)[C@@H]2CCCN(c3cnccn3)C2)cc1OC. The predicted octanol–water partition coefficient (Wildman–Crippen LogP) is 2.83. The number of hydrogen-bond donors (Lipinski definition) is 1. The third-order valence-electron chi connectivity index (χ3n) is 4.91. The zero-order valence-electron chi connectivity index (χ0n) is 16.2. The fraction of sp³-hybridized carbons (Fsp3) is 0.450. The second-order valence-corrected chi connectivity index (χ2v) is 7.54. The van der Waals surface area contributed by atoms with Gasteiger partial charge in [-0.2, -0.15) is 0 Å². The topological polar surface area (TPSA) is 76.6 Å². The van der Waals surface area contributed by atoms with E-state index in [0.29, 0.717) is 31.0 Å². The molecule has 1 aromatic heterocycles. The van der Waals surface area contributed by atoms with Crippen molar-refractivity contribution in [3.8, 4) is 11.5 Å². The van der Waals surface area contributed by atoms with Gasteiger partial charge in [0.2, 0.25) is 5.91 Å². The van der Waals surface area contributed by atoms with Crippen LogP contribution in [-0.4, -0.2) is 49.7 Å². The highest BCUT2D eigenvalue weighted by Crippen LogP contribution is 2.33. The van der Waals surface area contributed by atoms with E-state index in [2.05, 4.69) is 36.1 Å². The number of methoxy groups -OCH3 is 2. The van der Waals surface area contributed by atoms with Crippen LogP contribution in [0.25, 0.3) is 0 Å². The van der Waals surface area contributed by atoms with Gasteiger partial charge < -0.3 is 19.7 Å². The number of piperidine rings is 1. The number of ether oxygens (including phenoxy) is 2. The number of halogens is 1. The average molecular weight is 449 g/mol. The lowest BCUT2D eigenvalue weighted by atomic mass is 9.97. The van der Waals surface area contributed by atoms with Crippen LogP contribution in [0, 0.1) is 5.92 Å². The number of nitrogens with one attached hydrogen (secondary N) is 1. The van der Waals surface area contributed by atoms with Crippen molar-refractivity contribution in [2.75, 3.05) is 38.8 Å². The first-order valence-corrected chi connectivity index (χ1v) is 10.1. The number of benzene rings is 1. The monoisotopic (exact) mass is 448 g/mol. The minimum absolute atomic E-state index is 0.0374. The number of amides is 1. The molecule has 1 atom stereocenters. The van der Waals surface area contributed by atoms with Crippen LogP contribution in [0.15, 0.2) is 35.2 Å². The molecule has 28 heavy (non-hydrogen) atoms. The Morgan fingerprint density at radius 3 is 2.79 bits per heavy atom. The predicted molar refractivity (Wildman–Crippen MR) is 111 cm³/mol. The summed E-state index contributed by atoms with van der Waals surface area (Å²) in [6.07, 6.45) is 7.64. The average Bonchev–Trinajstić information content (AvgIpc) is 2.75. The van der Waals surface area contributed by atoms with Gasteiger partial charge in [-0.15, -0.1) is 0 Å². The molecule has 0 aliphatic carbocycles. The first-order valence-electron chi connectivity index (χ1n) is 9.31. The molecule has 0 saturated carbocycles. The molecule has 0 radical (unpaired) electrons. The van der Waals surface area contributed by atoms with Crippen molar-refractivity contribution in [2.24, 2.45) is 5.92 Å². The van der Waals surface area contributed by atoms with Crippen molar-refractivity contribution < 1.29 is 14.3 Å². The molecule has 1 amide bonds. The van der Waals surface area contributed by atoms with Crippen LogP contribution in [-0.2, 0) is 11.2 Å². The summed E-state index contributed by atoms with van der Waals surface area (Å²) in [6.45, 7) is 2.14. The van der Waals surface area contributed by atoms with Crippen LogP contribution in [0.2, 0.25) is 0 Å². The van der Waals surface area contributed by atoms with Gasteiger partial charge in [-0.3, -0.25) is 9.78 Å². The molecule has 2 heterocycles. The largest absolute Gasteiger partial charge is 0.493 e. The molecule has 1 N–H and O–H groups in total. The van der Waals surface area contributed by atoms with Gasteiger partial charge in [0.25, 0.3) is 0 Å². The van der Waals surface area contributed by atoms with E-state index in [1.54, 1.807) is 32.8 Å². The smallest absolute Gasteiger partial charge is 0.224 e. The van der Waals surface area contributed by atoms with Crippen LogP contribution in [0.5, 0.6) is 11.5 Å². The highest BCUT2D eigenvalue weighted by Gasteiger charge is 2.26. The summed E-state index contributed by atoms with van der Waals surface area (Å²) in [7, 11) is 3.22. The highest BCUT2D eigenvalue weighted by atomic mass is 79.9. The van der Waals surface area contributed by atoms with E-state index < -0.39 is 0 Å². The van der Waals surface area contributed by atoms with Gasteiger partial charge in [0.15, 0.2) is 11.5 Å². The maximum absolute atomic E-state index is 12.6. The summed E-state index contributed by atoms with van der Waals surface area (Å²) >= 11 is 3.56. The van der Waals surface area contributed by atoms with E-state index in [1.165, 1.54) is 0 Å². The Morgan fingerprint density at radius 2 is 2.07 bits per heavy atom. The molecule has 3 rings (SSSR count). The summed E-state index contributed by atoms with van der Waals surface area (Å²) < 4.78 is 11.6. The Bertz CT molecular complexity index is 804. The summed E-state index contributed by atoms with van der Waals surface area (Å²) in [5.41, 5.74) is 1.06. The van der Waals surface area contributed by atoms with E-state index in [0.717, 1.165) is 35.2 Å². The molecule has 1 aliphatic heterocycles. The molecule has 0 bridgehead atoms. The number of nitrogens with zero attached hydrogens (tertiary/aromatic N) is 3. The fourth-order valence-electron chi connectivity index (χ4n) is 3.41. The highest BCUT2D eigenvalue weighted by molar-refractivity contribution is 9.10. The normalized spacial score (nSPS) is 16.5. The van der Waals surface area contributed by atoms with Crippen molar-refractivity contribution in [1.82, 2.24) is 15.3 Å². The molecule has 150 valence electrons. The van der Waals surface area contributed by atoms with E-state index in [1.807, 2.05) is 12.1 Å². The molecule has 1 aliphatic rings. The lowest BCUT2D eigenvalue weighted by Gasteiger charge is -2.32. The second-order valence-electron chi connectivity index (χ2n) is 6.69. The lowest BCUT2D eigenvalue weighted by molar-refractivity contribution is -0.125. The molecule has 0 spiro atoms. The second kappa shape index (κ2) is 9.73. The van der Waals surface area contributed by atoms with Crippen LogP contribution >= 0.6 is 15.9 Å². The van der Waals surface area contributed by atoms with E-state index >= 15 is 0 Å². The van der Waals surface area contributed by atoms with Crippen molar-refractivity contribution >= 4 is 27.7 Å². The van der Waals surface area contributed by atoms with E-state index in [4.69, 9.17) is 9.47 Å². The summed E-state index contributed by atoms with van der Waals surface area (Å²) in [5.74, 6) is 2.23. The molecule has 7 nitrogen and oxygen atoms in total. The van der Waals surface area contributed by atoms with Gasteiger partial charge >= 0.3 is 0 Å². The fourth-order valence-corrected chi connectivity index (χ4v) is 3.93. The zero-order chi connectivity index (χ0) is 19.9. The molecular formula is C20H25BrN4O3. The van der Waals surface area contributed by atoms with Crippen molar-refractivity contribution in [2.45, 2.75) is 19.3 Å². The minimum Gasteiger partial charge on any atom is -0.493 e. The van der Waals surface area contributed by atoms with Gasteiger partial charge in [-0.05, 0) is 37.0 Å². The van der Waals surface area contributed by atoms with Gasteiger partial charge in [-0.25, -0.2) is 4.98 Å². The number of rotatable bonds is 7. The maximum atomic E-state index is 12.6. The Hall–Kier alpha value is -2.35. The molecule has 1 fully saturated rings. The quantitative estimate of drug-likeness (QED) is 0.701. The molecule has 0 unspecified atom stereocenters. The number of hydrogen-bond acceptors (Lipinski definition) is 6. The molecule has 2 aromatic rings. The molecule has 1 aromatic carbocycles. The minimum atomic E-state index is -0.0374. The zero-order valence-corrected chi connectivity index (χ0v) is 17.7. The molecular weight excluding hydrogens is 424 g/mol. The summed E-state index contributed by atoms with van der Waals surface area (Å²) in [5, 5.41) is 3.07. The van der Waals surface area contributed by atoms with E-state index in [-0.39, 0.29) is 11.8 Å². The Kier molecular flexibility index (Phi) is 7.08. The lowest BCUT2D eigenvalue weighted by Crippen LogP contribution is -2.43. The number of carbonyl (C=O) groups excluding carboxylic acids is 1. The summed E-state index contributed by atoms with van der Waals surface area (Å²) in [6, 6.07) is 3.82. The first kappa shape index (κ1) is 20.4. The number of anilines is 1. The van der Waals surface area contributed by atoms with E-state index in [9.17, 15) is 4.79 Å². The molecule has 8 heteroatoms. The third kappa shape index (κ3) is 4.92. The van der Waals surface area contributed by atoms with Crippen LogP contribution in [0.3, 0.4) is 0 Å². The van der Waals surface area contributed by atoms with Gasteiger partial charge in [0, 0.05) is 36.5 Å². The maximum Gasteiger partial charge on any atom is 0.224 e.